The molecule has 0 aliphatic heterocycles. The van der Waals surface area contributed by atoms with Gasteiger partial charge in [-0.1, -0.05) is 6.92 Å². The Balaban J connectivity index is 3.32. The minimum absolute atomic E-state index is 0.0115. The number of hydrogen-bond donors (Lipinski definition) is 0. The number of carbonyl (C=O) groups excluding carboxylic acids is 1. The normalized spacial score (nSPS) is 11.1. The molecule has 0 aliphatic rings. The number of methoxy groups -OCH3 is 1. The van der Waals surface area contributed by atoms with Crippen LogP contribution in [-0.2, 0) is 9.84 Å². The molecule has 1 rings (SSSR count). The Morgan fingerprint density at radius 3 is 2.53 bits per heavy atom. The Labute approximate surface area is 88.8 Å². The molecule has 0 amide bonds. The van der Waals surface area contributed by atoms with E-state index in [2.05, 4.69) is 0 Å². The van der Waals surface area contributed by atoms with Crippen LogP contribution in [0.3, 0.4) is 0 Å². The van der Waals surface area contributed by atoms with Crippen molar-refractivity contribution in [2.24, 2.45) is 0 Å². The lowest BCUT2D eigenvalue weighted by Gasteiger charge is -2.06. The van der Waals surface area contributed by atoms with Crippen molar-refractivity contribution in [3.8, 4) is 5.75 Å². The maximum Gasteiger partial charge on any atom is 0.178 e. The molecule has 82 valence electrons. The van der Waals surface area contributed by atoms with Gasteiger partial charge in [-0.15, -0.1) is 0 Å². The summed E-state index contributed by atoms with van der Waals surface area (Å²) < 4.78 is 27.9. The number of hydrogen-bond acceptors (Lipinski definition) is 4. The fourth-order valence-corrected chi connectivity index (χ4v) is 2.08. The Hall–Kier alpha value is -1.36. The van der Waals surface area contributed by atoms with Crippen molar-refractivity contribution in [2.75, 3.05) is 12.9 Å². The Bertz CT molecular complexity index is 462. The fourth-order valence-electron chi connectivity index (χ4n) is 1.16. The van der Waals surface area contributed by atoms with Gasteiger partial charge < -0.3 is 4.74 Å². The van der Waals surface area contributed by atoms with Crippen molar-refractivity contribution in [2.45, 2.75) is 11.8 Å². The molecule has 0 saturated heterocycles. The average Bonchev–Trinajstić information content (AvgIpc) is 2.28. The third kappa shape index (κ3) is 2.36. The van der Waals surface area contributed by atoms with E-state index in [1.165, 1.54) is 25.3 Å². The smallest absolute Gasteiger partial charge is 0.178 e. The van der Waals surface area contributed by atoms with E-state index in [1.807, 2.05) is 0 Å². The molecule has 4 nitrogen and oxygen atoms in total. The van der Waals surface area contributed by atoms with Crippen LogP contribution >= 0.6 is 0 Å². The zero-order valence-electron chi connectivity index (χ0n) is 8.56. The van der Waals surface area contributed by atoms with Crippen LogP contribution in [0.25, 0.3) is 0 Å². The van der Waals surface area contributed by atoms with Crippen LogP contribution < -0.4 is 4.74 Å². The minimum Gasteiger partial charge on any atom is -0.496 e. The molecule has 1 aromatic rings. The van der Waals surface area contributed by atoms with Gasteiger partial charge in [0.1, 0.15) is 5.75 Å². The lowest BCUT2D eigenvalue weighted by atomic mass is 10.2. The molecule has 0 aliphatic carbocycles. The van der Waals surface area contributed by atoms with Crippen molar-refractivity contribution < 1.29 is 17.9 Å². The summed E-state index contributed by atoms with van der Waals surface area (Å²) in [5.41, 5.74) is 0.243. The van der Waals surface area contributed by atoms with Crippen molar-refractivity contribution in [1.82, 2.24) is 0 Å². The molecule has 0 spiro atoms. The van der Waals surface area contributed by atoms with Crippen LogP contribution in [-0.4, -0.2) is 27.6 Å². The van der Waals surface area contributed by atoms with Crippen molar-refractivity contribution in [3.05, 3.63) is 23.8 Å². The monoisotopic (exact) mass is 228 g/mol. The maximum atomic E-state index is 11.5. The first-order valence-corrected chi connectivity index (χ1v) is 6.06. The molecule has 0 unspecified atom stereocenters. The highest BCUT2D eigenvalue weighted by Crippen LogP contribution is 2.21. The highest BCUT2D eigenvalue weighted by Gasteiger charge is 2.13. The summed E-state index contributed by atoms with van der Waals surface area (Å²) in [5, 5.41) is 0. The molecule has 0 heterocycles. The van der Waals surface area contributed by atoms with Gasteiger partial charge in [0.15, 0.2) is 16.1 Å². The van der Waals surface area contributed by atoms with Crippen LogP contribution in [0.2, 0.25) is 0 Å². The Morgan fingerprint density at radius 2 is 2.07 bits per heavy atom. The molecular weight excluding hydrogens is 216 g/mol. The molecule has 0 fully saturated rings. The largest absolute Gasteiger partial charge is 0.496 e. The molecule has 0 aromatic heterocycles. The van der Waals surface area contributed by atoms with Gasteiger partial charge in [-0.25, -0.2) is 8.42 Å². The average molecular weight is 228 g/mol. The standard InChI is InChI=1S/C10H12O4S/c1-3-15(12,13)9-4-5-10(14-2)8(6-9)7-11/h4-7H,3H2,1-2H3. The highest BCUT2D eigenvalue weighted by molar-refractivity contribution is 7.91. The quantitative estimate of drug-likeness (QED) is 0.729. The van der Waals surface area contributed by atoms with Gasteiger partial charge in [-0.2, -0.15) is 0 Å². The number of sulfone groups is 1. The Kier molecular flexibility index (Phi) is 3.47. The summed E-state index contributed by atoms with van der Waals surface area (Å²) in [6.07, 6.45) is 0.577. The van der Waals surface area contributed by atoms with Gasteiger partial charge >= 0.3 is 0 Å². The second-order valence-corrected chi connectivity index (χ2v) is 5.20. The Morgan fingerprint density at radius 1 is 1.40 bits per heavy atom. The van der Waals surface area contributed by atoms with Crippen LogP contribution in [0.4, 0.5) is 0 Å². The van der Waals surface area contributed by atoms with E-state index in [9.17, 15) is 13.2 Å². The van der Waals surface area contributed by atoms with E-state index in [-0.39, 0.29) is 16.2 Å². The van der Waals surface area contributed by atoms with Crippen LogP contribution in [0, 0.1) is 0 Å². The van der Waals surface area contributed by atoms with Crippen molar-refractivity contribution in [3.63, 3.8) is 0 Å². The zero-order valence-corrected chi connectivity index (χ0v) is 9.37. The first kappa shape index (κ1) is 11.7. The molecule has 15 heavy (non-hydrogen) atoms. The maximum absolute atomic E-state index is 11.5. The lowest BCUT2D eigenvalue weighted by molar-refractivity contribution is 0.112. The predicted molar refractivity (Wildman–Crippen MR) is 56.1 cm³/mol. The van der Waals surface area contributed by atoms with E-state index >= 15 is 0 Å². The summed E-state index contributed by atoms with van der Waals surface area (Å²) in [6.45, 7) is 1.56. The SMILES string of the molecule is CCS(=O)(=O)c1ccc(OC)c(C=O)c1. The lowest BCUT2D eigenvalue weighted by Crippen LogP contribution is -2.04. The van der Waals surface area contributed by atoms with Gasteiger partial charge in [0, 0.05) is 0 Å². The van der Waals surface area contributed by atoms with Crippen LogP contribution in [0.1, 0.15) is 17.3 Å². The van der Waals surface area contributed by atoms with Crippen molar-refractivity contribution >= 4 is 16.1 Å². The summed E-state index contributed by atoms with van der Waals surface area (Å²) >= 11 is 0. The molecule has 0 radical (unpaired) electrons. The third-order valence-corrected chi connectivity index (χ3v) is 3.80. The second-order valence-electron chi connectivity index (χ2n) is 2.93. The van der Waals surface area contributed by atoms with E-state index < -0.39 is 9.84 Å². The minimum atomic E-state index is -3.27. The predicted octanol–water partition coefficient (Wildman–Crippen LogP) is 1.30. The van der Waals surface area contributed by atoms with Gasteiger partial charge in [-0.3, -0.25) is 4.79 Å². The number of aldehydes is 1. The van der Waals surface area contributed by atoms with Crippen LogP contribution in [0.5, 0.6) is 5.75 Å². The van der Waals surface area contributed by atoms with Gasteiger partial charge in [-0.05, 0) is 18.2 Å². The van der Waals surface area contributed by atoms with E-state index in [0.717, 1.165) is 0 Å². The van der Waals surface area contributed by atoms with E-state index in [4.69, 9.17) is 4.74 Å². The fraction of sp³-hybridized carbons (Fsp3) is 0.300. The first-order chi connectivity index (χ1) is 7.05. The zero-order chi connectivity index (χ0) is 11.5. The molecule has 0 N–H and O–H groups in total. The number of ether oxygens (including phenoxy) is 1. The topological polar surface area (TPSA) is 60.4 Å². The van der Waals surface area contributed by atoms with Crippen LogP contribution in [0.15, 0.2) is 23.1 Å². The third-order valence-electron chi connectivity index (χ3n) is 2.07. The summed E-state index contributed by atoms with van der Waals surface area (Å²) in [5.74, 6) is 0.387. The molecule has 0 bridgehead atoms. The molecule has 0 atom stereocenters. The highest BCUT2D eigenvalue weighted by atomic mass is 32.2. The summed E-state index contributed by atoms with van der Waals surface area (Å²) in [6, 6.07) is 4.24. The van der Waals surface area contributed by atoms with Gasteiger partial charge in [0.05, 0.1) is 23.3 Å². The molecule has 5 heteroatoms. The molecular formula is C10H12O4S. The van der Waals surface area contributed by atoms with Gasteiger partial charge in [0.2, 0.25) is 0 Å². The van der Waals surface area contributed by atoms with Gasteiger partial charge in [0.25, 0.3) is 0 Å². The molecule has 0 saturated carbocycles. The van der Waals surface area contributed by atoms with E-state index in [0.29, 0.717) is 12.0 Å². The molecule has 1 aromatic carbocycles. The number of carbonyl (C=O) groups is 1. The summed E-state index contributed by atoms with van der Waals surface area (Å²) in [7, 11) is -1.84. The first-order valence-electron chi connectivity index (χ1n) is 4.41. The second kappa shape index (κ2) is 4.44. The van der Waals surface area contributed by atoms with E-state index in [1.54, 1.807) is 6.92 Å². The summed E-state index contributed by atoms with van der Waals surface area (Å²) in [4.78, 5) is 10.8. The number of benzene rings is 1. The van der Waals surface area contributed by atoms with Crippen molar-refractivity contribution in [1.29, 1.82) is 0 Å². The number of rotatable bonds is 4.